The lowest BCUT2D eigenvalue weighted by atomic mass is 9.98. The number of nitrogens with zero attached hydrogens (tertiary/aromatic N) is 1. The molecular weight excluding hydrogens is 330 g/mol. The van der Waals surface area contributed by atoms with E-state index in [2.05, 4.69) is 12.2 Å². The number of hydrogen-bond acceptors (Lipinski definition) is 3. The van der Waals surface area contributed by atoms with Crippen LogP contribution < -0.4 is 10.2 Å². The second kappa shape index (κ2) is 8.45. The third kappa shape index (κ3) is 4.30. The molecule has 0 aliphatic carbocycles. The Bertz CT molecular complexity index is 689. The van der Waals surface area contributed by atoms with Crippen molar-refractivity contribution in [1.82, 2.24) is 10.2 Å². The first-order chi connectivity index (χ1) is 12.6. The zero-order valence-electron chi connectivity index (χ0n) is 15.4. The van der Waals surface area contributed by atoms with Crippen LogP contribution in [0.4, 0.5) is 0 Å². The number of hydrogen-bond donors (Lipinski definition) is 2. The maximum Gasteiger partial charge on any atom is 0.261 e. The molecule has 1 aromatic rings. The van der Waals surface area contributed by atoms with Gasteiger partial charge in [0, 0.05) is 18.5 Å². The maximum atomic E-state index is 12.5. The normalized spacial score (nSPS) is 22.9. The molecule has 2 N–H and O–H groups in total. The number of fused-ring (bicyclic) bond motifs is 1. The number of nitrogens with one attached hydrogen (secondary N) is 2. The van der Waals surface area contributed by atoms with Crippen molar-refractivity contribution < 1.29 is 19.3 Å². The summed E-state index contributed by atoms with van der Waals surface area (Å²) in [5.41, 5.74) is 1.25. The first kappa shape index (κ1) is 18.6. The van der Waals surface area contributed by atoms with Gasteiger partial charge in [-0.2, -0.15) is 0 Å². The molecule has 2 heterocycles. The van der Waals surface area contributed by atoms with Crippen LogP contribution in [0.25, 0.3) is 0 Å². The quantitative estimate of drug-likeness (QED) is 0.563. The first-order valence-electron chi connectivity index (χ1n) is 9.60. The second-order valence-corrected chi connectivity index (χ2v) is 7.38. The van der Waals surface area contributed by atoms with Gasteiger partial charge >= 0.3 is 0 Å². The molecule has 1 saturated heterocycles. The Morgan fingerprint density at radius 1 is 1.27 bits per heavy atom. The minimum atomic E-state index is -0.376. The van der Waals surface area contributed by atoms with Crippen LogP contribution in [-0.2, 0) is 16.0 Å². The zero-order valence-corrected chi connectivity index (χ0v) is 15.4. The number of likely N-dealkylation sites (tertiary alicyclic amines) is 1. The van der Waals surface area contributed by atoms with Crippen LogP contribution in [0.5, 0.6) is 0 Å². The van der Waals surface area contributed by atoms with Crippen molar-refractivity contribution in [3.05, 3.63) is 35.4 Å². The molecule has 140 valence electrons. The van der Waals surface area contributed by atoms with E-state index in [0.717, 1.165) is 23.4 Å². The summed E-state index contributed by atoms with van der Waals surface area (Å²) in [6.07, 6.45) is 4.97. The van der Waals surface area contributed by atoms with Gasteiger partial charge < -0.3 is 10.2 Å². The third-order valence-electron chi connectivity index (χ3n) is 5.52. The Morgan fingerprint density at radius 3 is 2.88 bits per heavy atom. The van der Waals surface area contributed by atoms with Crippen LogP contribution >= 0.6 is 0 Å². The molecule has 0 bridgehead atoms. The molecule has 2 atom stereocenters. The molecule has 26 heavy (non-hydrogen) atoms. The molecule has 1 aromatic carbocycles. The van der Waals surface area contributed by atoms with Crippen molar-refractivity contribution in [3.8, 4) is 0 Å². The van der Waals surface area contributed by atoms with E-state index in [9.17, 15) is 14.4 Å². The van der Waals surface area contributed by atoms with E-state index >= 15 is 0 Å². The van der Waals surface area contributed by atoms with Gasteiger partial charge in [-0.25, -0.2) is 0 Å². The lowest BCUT2D eigenvalue weighted by molar-refractivity contribution is -0.928. The average Bonchev–Trinajstić information content (AvgIpc) is 2.63. The predicted molar refractivity (Wildman–Crippen MR) is 97.8 cm³/mol. The molecule has 0 spiro atoms. The van der Waals surface area contributed by atoms with Gasteiger partial charge in [-0.05, 0) is 37.8 Å². The molecule has 3 amide bonds. The fraction of sp³-hybridized carbons (Fsp3) is 0.550. The van der Waals surface area contributed by atoms with E-state index in [1.807, 2.05) is 6.07 Å². The highest BCUT2D eigenvalue weighted by Crippen LogP contribution is 2.19. The molecule has 1 fully saturated rings. The van der Waals surface area contributed by atoms with Crippen molar-refractivity contribution in [2.75, 3.05) is 26.2 Å². The van der Waals surface area contributed by atoms with Crippen LogP contribution in [-0.4, -0.2) is 54.8 Å². The van der Waals surface area contributed by atoms with E-state index in [-0.39, 0.29) is 30.7 Å². The summed E-state index contributed by atoms with van der Waals surface area (Å²) in [7, 11) is 0. The number of quaternary nitrogens is 1. The van der Waals surface area contributed by atoms with Crippen molar-refractivity contribution >= 4 is 17.7 Å². The fourth-order valence-corrected chi connectivity index (χ4v) is 3.93. The second-order valence-electron chi connectivity index (χ2n) is 7.38. The number of rotatable bonds is 6. The van der Waals surface area contributed by atoms with Gasteiger partial charge in [-0.1, -0.05) is 18.2 Å². The number of amides is 3. The minimum Gasteiger partial charge on any atom is -0.354 e. The van der Waals surface area contributed by atoms with Gasteiger partial charge in [0.25, 0.3) is 5.91 Å². The molecule has 2 aliphatic rings. The van der Waals surface area contributed by atoms with Crippen LogP contribution in [0.15, 0.2) is 24.3 Å². The van der Waals surface area contributed by atoms with Crippen LogP contribution in [0, 0.1) is 0 Å². The lowest BCUT2D eigenvalue weighted by Crippen LogP contribution is -3.16. The standard InChI is InChI=1S/C20H27N3O3/c1-15-7-4-5-11-22(15)12-6-10-21-18(24)14-23-19(25)13-16-8-2-3-9-17(16)20(23)26/h2-3,8-9,15H,4-7,10-14H2,1H3,(H,21,24)/p+1/t15-/m1/s1. The lowest BCUT2D eigenvalue weighted by Gasteiger charge is -2.30. The summed E-state index contributed by atoms with van der Waals surface area (Å²) in [5.74, 6) is -0.957. The summed E-state index contributed by atoms with van der Waals surface area (Å²) in [6, 6.07) is 7.77. The third-order valence-corrected chi connectivity index (χ3v) is 5.52. The molecule has 6 heteroatoms. The van der Waals surface area contributed by atoms with E-state index in [1.54, 1.807) is 23.1 Å². The Morgan fingerprint density at radius 2 is 2.08 bits per heavy atom. The molecule has 6 nitrogen and oxygen atoms in total. The Labute approximate surface area is 154 Å². The molecule has 1 unspecified atom stereocenters. The number of carbonyl (C=O) groups excluding carboxylic acids is 3. The van der Waals surface area contributed by atoms with Gasteiger partial charge in [0.15, 0.2) is 0 Å². The number of benzene rings is 1. The van der Waals surface area contributed by atoms with Gasteiger partial charge in [-0.15, -0.1) is 0 Å². The summed E-state index contributed by atoms with van der Waals surface area (Å²) >= 11 is 0. The molecule has 0 radical (unpaired) electrons. The summed E-state index contributed by atoms with van der Waals surface area (Å²) in [5, 5.41) is 2.85. The van der Waals surface area contributed by atoms with Gasteiger partial charge in [0.2, 0.25) is 11.8 Å². The number of piperidine rings is 1. The minimum absolute atomic E-state index is 0.172. The molecular formula is C20H28N3O3+. The van der Waals surface area contributed by atoms with Crippen LogP contribution in [0.3, 0.4) is 0 Å². The van der Waals surface area contributed by atoms with Gasteiger partial charge in [0.05, 0.1) is 25.6 Å². The molecule has 2 aliphatic heterocycles. The monoisotopic (exact) mass is 358 g/mol. The summed E-state index contributed by atoms with van der Waals surface area (Å²) in [6.45, 7) is 4.95. The van der Waals surface area contributed by atoms with E-state index < -0.39 is 0 Å². The summed E-state index contributed by atoms with van der Waals surface area (Å²) in [4.78, 5) is 39.5. The van der Waals surface area contributed by atoms with E-state index in [1.165, 1.54) is 25.8 Å². The Kier molecular flexibility index (Phi) is 6.04. The van der Waals surface area contributed by atoms with E-state index in [0.29, 0.717) is 18.2 Å². The maximum absolute atomic E-state index is 12.5. The topological polar surface area (TPSA) is 70.9 Å². The van der Waals surface area contributed by atoms with Crippen molar-refractivity contribution in [1.29, 1.82) is 0 Å². The van der Waals surface area contributed by atoms with Crippen LogP contribution in [0.2, 0.25) is 0 Å². The first-order valence-corrected chi connectivity index (χ1v) is 9.60. The average molecular weight is 358 g/mol. The highest BCUT2D eigenvalue weighted by atomic mass is 16.2. The molecule has 0 saturated carbocycles. The molecule has 0 aromatic heterocycles. The van der Waals surface area contributed by atoms with Gasteiger partial charge in [0.1, 0.15) is 6.54 Å². The van der Waals surface area contributed by atoms with Crippen molar-refractivity contribution in [3.63, 3.8) is 0 Å². The van der Waals surface area contributed by atoms with Crippen molar-refractivity contribution in [2.24, 2.45) is 0 Å². The highest BCUT2D eigenvalue weighted by molar-refractivity contribution is 6.11. The smallest absolute Gasteiger partial charge is 0.261 e. The SMILES string of the molecule is C[C@@H]1CCCC[NH+]1CCCNC(=O)CN1C(=O)Cc2ccccc2C1=O. The summed E-state index contributed by atoms with van der Waals surface area (Å²) < 4.78 is 0. The largest absolute Gasteiger partial charge is 0.354 e. The zero-order chi connectivity index (χ0) is 18.5. The number of carbonyl (C=O) groups is 3. The highest BCUT2D eigenvalue weighted by Gasteiger charge is 2.31. The van der Waals surface area contributed by atoms with Crippen molar-refractivity contribution in [2.45, 2.75) is 45.1 Å². The predicted octanol–water partition coefficient (Wildman–Crippen LogP) is 0.175. The Hall–Kier alpha value is -2.21. The van der Waals surface area contributed by atoms with Gasteiger partial charge in [-0.3, -0.25) is 19.3 Å². The van der Waals surface area contributed by atoms with Crippen LogP contribution in [0.1, 0.15) is 48.5 Å². The number of imide groups is 1. The molecule has 3 rings (SSSR count). The Balaban J connectivity index is 1.45. The van der Waals surface area contributed by atoms with E-state index in [4.69, 9.17) is 0 Å². The fourth-order valence-electron chi connectivity index (χ4n) is 3.93.